The Morgan fingerprint density at radius 1 is 0.694 bits per heavy atom. The molecule has 4 N–H and O–H groups in total. The lowest BCUT2D eigenvalue weighted by Gasteiger charge is -2.00. The van der Waals surface area contributed by atoms with Crippen molar-refractivity contribution in [3.63, 3.8) is 0 Å². The van der Waals surface area contributed by atoms with E-state index in [1.54, 1.807) is 38.4 Å². The summed E-state index contributed by atoms with van der Waals surface area (Å²) in [5.74, 6) is -0.439. The first-order valence-corrected chi connectivity index (χ1v) is 12.9. The second kappa shape index (κ2) is 20.3. The summed E-state index contributed by atoms with van der Waals surface area (Å²) in [6.45, 7) is 3.60. The van der Waals surface area contributed by atoms with E-state index in [0.29, 0.717) is 37.3 Å². The molecule has 0 aromatic carbocycles. The second-order valence-corrected chi connectivity index (χ2v) is 9.06. The fourth-order valence-corrected chi connectivity index (χ4v) is 2.74. The zero-order valence-electron chi connectivity index (χ0n) is 20.3. The molecule has 0 fully saturated rings. The molecular formula is C24H32Br2N4O6. The minimum atomic E-state index is -0.784. The van der Waals surface area contributed by atoms with Crippen molar-refractivity contribution in [3.05, 3.63) is 45.6 Å². The van der Waals surface area contributed by atoms with Gasteiger partial charge < -0.3 is 20.8 Å². The number of carbonyl (C=O) groups excluding carboxylic acids is 2. The van der Waals surface area contributed by atoms with Gasteiger partial charge in [-0.15, -0.1) is 0 Å². The van der Waals surface area contributed by atoms with Crippen LogP contribution in [-0.4, -0.2) is 43.9 Å². The lowest BCUT2D eigenvalue weighted by atomic mass is 10.1. The van der Waals surface area contributed by atoms with Gasteiger partial charge in [0.1, 0.15) is 11.6 Å². The number of pyridine rings is 2. The van der Waals surface area contributed by atoms with E-state index in [9.17, 15) is 19.2 Å². The van der Waals surface area contributed by atoms with Gasteiger partial charge in [-0.1, -0.05) is 26.7 Å². The minimum Gasteiger partial charge on any atom is -0.481 e. The summed E-state index contributed by atoms with van der Waals surface area (Å²) in [7, 11) is 0. The van der Waals surface area contributed by atoms with Gasteiger partial charge in [0.2, 0.25) is 11.8 Å². The maximum atomic E-state index is 10.9. The van der Waals surface area contributed by atoms with Gasteiger partial charge in [0.05, 0.1) is 0 Å². The molecule has 0 radical (unpaired) electrons. The van der Waals surface area contributed by atoms with Crippen LogP contribution in [0.1, 0.15) is 65.2 Å². The monoisotopic (exact) mass is 630 g/mol. The average Bonchev–Trinajstić information content (AvgIpc) is 2.84. The Kier molecular flexibility index (Phi) is 18.7. The van der Waals surface area contributed by atoms with E-state index in [1.165, 1.54) is 0 Å². The predicted octanol–water partition coefficient (Wildman–Crippen LogP) is 5.88. The summed E-state index contributed by atoms with van der Waals surface area (Å²) in [6.07, 6.45) is 7.51. The number of carboxylic acid groups (broad SMARTS) is 2. The van der Waals surface area contributed by atoms with Crippen LogP contribution in [0.4, 0.5) is 11.6 Å². The number of halogens is 2. The van der Waals surface area contributed by atoms with E-state index >= 15 is 0 Å². The van der Waals surface area contributed by atoms with E-state index < -0.39 is 11.9 Å². The Hall–Kier alpha value is -2.86. The Morgan fingerprint density at radius 3 is 1.31 bits per heavy atom. The lowest BCUT2D eigenvalue weighted by molar-refractivity contribution is -0.138. The highest BCUT2D eigenvalue weighted by atomic mass is 79.9. The number of carboxylic acids is 2. The number of nitrogens with zero attached hydrogens (tertiary/aromatic N) is 2. The van der Waals surface area contributed by atoms with E-state index in [4.69, 9.17) is 10.2 Å². The van der Waals surface area contributed by atoms with Crippen LogP contribution in [0.2, 0.25) is 0 Å². The SMILES string of the molecule is CCC(=O)Nc1ccc(Br)cn1.CCC(=O)Nc1ccc(Br)cn1.O=C(O)CCCCCCC(=O)O. The van der Waals surface area contributed by atoms with Crippen LogP contribution < -0.4 is 10.6 Å². The number of unbranched alkanes of at least 4 members (excludes halogenated alkanes) is 3. The van der Waals surface area contributed by atoms with Crippen LogP contribution in [0.5, 0.6) is 0 Å². The van der Waals surface area contributed by atoms with Gasteiger partial charge in [0.15, 0.2) is 0 Å². The molecule has 2 amide bonds. The standard InChI is InChI=1S/2C8H9BrN2O.C8H14O4/c2*1-2-8(12)11-7-4-3-6(9)5-10-7;9-7(10)5-3-1-2-4-6-8(11)12/h2*3-5H,2H2,1H3,(H,10,11,12);1-6H2,(H,9,10)(H,11,12). The first-order valence-electron chi connectivity index (χ1n) is 11.3. The fraction of sp³-hybridized carbons (Fsp3) is 0.417. The molecule has 2 heterocycles. The van der Waals surface area contributed by atoms with Crippen molar-refractivity contribution in [1.29, 1.82) is 0 Å². The highest BCUT2D eigenvalue weighted by Crippen LogP contribution is 2.11. The number of aromatic nitrogens is 2. The molecule has 12 heteroatoms. The molecule has 0 unspecified atom stereocenters. The Balaban J connectivity index is 0.000000510. The molecular weight excluding hydrogens is 600 g/mol. The zero-order chi connectivity index (χ0) is 27.3. The number of anilines is 2. The Morgan fingerprint density at radius 2 is 1.06 bits per heavy atom. The minimum absolute atomic E-state index is 0.0233. The summed E-state index contributed by atoms with van der Waals surface area (Å²) in [6, 6.07) is 7.16. The van der Waals surface area contributed by atoms with Crippen molar-refractivity contribution < 1.29 is 29.4 Å². The van der Waals surface area contributed by atoms with Gasteiger partial charge >= 0.3 is 11.9 Å². The topological polar surface area (TPSA) is 159 Å². The van der Waals surface area contributed by atoms with Gasteiger partial charge in [0.25, 0.3) is 0 Å². The molecule has 10 nitrogen and oxygen atoms in total. The normalized spacial score (nSPS) is 9.56. The first kappa shape index (κ1) is 33.1. The van der Waals surface area contributed by atoms with Crippen LogP contribution in [-0.2, 0) is 19.2 Å². The number of nitrogens with one attached hydrogen (secondary N) is 2. The number of hydrogen-bond donors (Lipinski definition) is 4. The molecule has 36 heavy (non-hydrogen) atoms. The summed E-state index contributed by atoms with van der Waals surface area (Å²) < 4.78 is 1.80. The van der Waals surface area contributed by atoms with Crippen LogP contribution in [0.3, 0.4) is 0 Å². The van der Waals surface area contributed by atoms with Crippen molar-refractivity contribution in [2.75, 3.05) is 10.6 Å². The summed E-state index contributed by atoms with van der Waals surface area (Å²) >= 11 is 6.51. The highest BCUT2D eigenvalue weighted by Gasteiger charge is 2.00. The highest BCUT2D eigenvalue weighted by molar-refractivity contribution is 9.10. The third-order valence-corrected chi connectivity index (χ3v) is 5.10. The van der Waals surface area contributed by atoms with E-state index in [0.717, 1.165) is 21.8 Å². The van der Waals surface area contributed by atoms with Crippen molar-refractivity contribution >= 4 is 67.2 Å². The van der Waals surface area contributed by atoms with Crippen molar-refractivity contribution in [1.82, 2.24) is 9.97 Å². The van der Waals surface area contributed by atoms with Crippen LogP contribution in [0.15, 0.2) is 45.6 Å². The van der Waals surface area contributed by atoms with Crippen LogP contribution in [0.25, 0.3) is 0 Å². The molecule has 0 bridgehead atoms. The van der Waals surface area contributed by atoms with Crippen molar-refractivity contribution in [2.24, 2.45) is 0 Å². The second-order valence-electron chi connectivity index (χ2n) is 7.23. The van der Waals surface area contributed by atoms with Crippen LogP contribution >= 0.6 is 31.9 Å². The van der Waals surface area contributed by atoms with Crippen LogP contribution in [0, 0.1) is 0 Å². The zero-order valence-corrected chi connectivity index (χ0v) is 23.5. The number of carbonyl (C=O) groups is 4. The maximum Gasteiger partial charge on any atom is 0.303 e. The molecule has 0 spiro atoms. The van der Waals surface area contributed by atoms with Gasteiger partial charge in [0, 0.05) is 47.0 Å². The summed E-state index contributed by atoms with van der Waals surface area (Å²) in [4.78, 5) is 49.9. The summed E-state index contributed by atoms with van der Waals surface area (Å²) in [5.41, 5.74) is 0. The largest absolute Gasteiger partial charge is 0.481 e. The molecule has 0 saturated heterocycles. The smallest absolute Gasteiger partial charge is 0.303 e. The molecule has 0 aliphatic rings. The molecule has 2 rings (SSSR count). The van der Waals surface area contributed by atoms with E-state index in [1.807, 2.05) is 12.1 Å². The van der Waals surface area contributed by atoms with Gasteiger partial charge in [-0.05, 0) is 69.0 Å². The fourth-order valence-electron chi connectivity index (χ4n) is 2.27. The van der Waals surface area contributed by atoms with E-state index in [2.05, 4.69) is 52.5 Å². The van der Waals surface area contributed by atoms with E-state index in [-0.39, 0.29) is 24.7 Å². The Labute approximate surface area is 227 Å². The lowest BCUT2D eigenvalue weighted by Crippen LogP contribution is -2.10. The van der Waals surface area contributed by atoms with Crippen molar-refractivity contribution in [3.8, 4) is 0 Å². The van der Waals surface area contributed by atoms with Gasteiger partial charge in [-0.3, -0.25) is 19.2 Å². The molecule has 2 aromatic rings. The Bertz CT molecular complexity index is 863. The molecule has 198 valence electrons. The van der Waals surface area contributed by atoms with Gasteiger partial charge in [-0.2, -0.15) is 0 Å². The first-order chi connectivity index (χ1) is 17.1. The molecule has 2 aromatic heterocycles. The number of hydrogen-bond acceptors (Lipinski definition) is 6. The quantitative estimate of drug-likeness (QED) is 0.224. The predicted molar refractivity (Wildman–Crippen MR) is 145 cm³/mol. The number of aliphatic carboxylic acids is 2. The molecule has 0 atom stereocenters. The van der Waals surface area contributed by atoms with Crippen molar-refractivity contribution in [2.45, 2.75) is 65.2 Å². The number of rotatable bonds is 11. The number of amides is 2. The third kappa shape index (κ3) is 19.4. The molecule has 0 aliphatic heterocycles. The average molecular weight is 632 g/mol. The summed E-state index contributed by atoms with van der Waals surface area (Å²) in [5, 5.41) is 21.8. The maximum absolute atomic E-state index is 10.9. The van der Waals surface area contributed by atoms with Gasteiger partial charge in [-0.25, -0.2) is 9.97 Å². The molecule has 0 aliphatic carbocycles. The third-order valence-electron chi connectivity index (χ3n) is 4.16. The molecule has 0 saturated carbocycles.